The molecule has 0 radical (unpaired) electrons. The van der Waals surface area contributed by atoms with E-state index < -0.39 is 57.2 Å². The number of aromatic nitrogens is 2. The summed E-state index contributed by atoms with van der Waals surface area (Å²) < 4.78 is 31.3. The van der Waals surface area contributed by atoms with Gasteiger partial charge in [-0.1, -0.05) is 24.6 Å². The number of ketones is 1. The van der Waals surface area contributed by atoms with E-state index >= 15 is 0 Å². The van der Waals surface area contributed by atoms with E-state index in [1.54, 1.807) is 19.1 Å². The van der Waals surface area contributed by atoms with Gasteiger partial charge in [-0.15, -0.1) is 0 Å². The van der Waals surface area contributed by atoms with Crippen molar-refractivity contribution in [1.82, 2.24) is 9.13 Å². The first kappa shape index (κ1) is 24.1. The van der Waals surface area contributed by atoms with Crippen LogP contribution in [0.15, 0.2) is 38.8 Å². The number of nitrogens with zero attached hydrogens (tertiary/aromatic N) is 2. The molecule has 0 saturated carbocycles. The summed E-state index contributed by atoms with van der Waals surface area (Å²) in [4.78, 5) is 49.0. The molecule has 0 spiro atoms. The van der Waals surface area contributed by atoms with Crippen LogP contribution in [-0.2, 0) is 33.0 Å². The fourth-order valence-corrected chi connectivity index (χ4v) is 4.08. The number of anilines is 1. The number of carbonyl (C=O) groups excluding carboxylic acids is 2. The van der Waals surface area contributed by atoms with Crippen molar-refractivity contribution < 1.29 is 22.7 Å². The highest BCUT2D eigenvalue weighted by atomic mass is 32.2. The number of rotatable bonds is 9. The second-order valence-electron chi connectivity index (χ2n) is 7.02. The number of nitrogen functional groups attached to an aromatic ring is 1. The third-order valence-electron chi connectivity index (χ3n) is 4.63. The Kier molecular flexibility index (Phi) is 7.55. The van der Waals surface area contributed by atoms with E-state index in [1.165, 1.54) is 19.2 Å². The van der Waals surface area contributed by atoms with Gasteiger partial charge in [0.25, 0.3) is 5.56 Å². The topological polar surface area (TPSA) is 148 Å². The van der Waals surface area contributed by atoms with Crippen molar-refractivity contribution in [1.29, 1.82) is 0 Å². The molecule has 2 rings (SSSR count). The average Bonchev–Trinajstić information content (AvgIpc) is 2.73. The van der Waals surface area contributed by atoms with Crippen molar-refractivity contribution in [3.05, 3.63) is 56.2 Å². The van der Waals surface area contributed by atoms with Crippen molar-refractivity contribution in [2.24, 2.45) is 7.05 Å². The molecule has 11 heteroatoms. The Balaban J connectivity index is 2.08. The molecule has 0 saturated heterocycles. The maximum atomic E-state index is 12.5. The van der Waals surface area contributed by atoms with Crippen LogP contribution in [0.5, 0.6) is 0 Å². The maximum absolute atomic E-state index is 12.5. The fourth-order valence-electron chi connectivity index (χ4n) is 2.86. The predicted molar refractivity (Wildman–Crippen MR) is 114 cm³/mol. The van der Waals surface area contributed by atoms with E-state index in [1.807, 2.05) is 6.92 Å². The van der Waals surface area contributed by atoms with E-state index in [2.05, 4.69) is 0 Å². The molecule has 2 N–H and O–H groups in total. The molecule has 0 unspecified atom stereocenters. The van der Waals surface area contributed by atoms with Crippen LogP contribution >= 0.6 is 0 Å². The second kappa shape index (κ2) is 9.73. The quantitative estimate of drug-likeness (QED) is 0.426. The number of carbonyl (C=O) groups is 2. The minimum absolute atomic E-state index is 0.0800. The van der Waals surface area contributed by atoms with Gasteiger partial charge in [-0.25, -0.2) is 13.2 Å². The van der Waals surface area contributed by atoms with Crippen LogP contribution in [0, 0.1) is 6.92 Å². The smallest absolute Gasteiger partial charge is 0.332 e. The lowest BCUT2D eigenvalue weighted by Gasteiger charge is -2.13. The van der Waals surface area contributed by atoms with Gasteiger partial charge < -0.3 is 10.5 Å². The summed E-state index contributed by atoms with van der Waals surface area (Å²) in [6.07, 6.45) is 0.0761. The molecular formula is C20H25N3O7S. The molecule has 2 aromatic rings. The van der Waals surface area contributed by atoms with E-state index in [4.69, 9.17) is 10.5 Å². The van der Waals surface area contributed by atoms with Crippen molar-refractivity contribution in [2.45, 2.75) is 38.1 Å². The minimum atomic E-state index is -3.70. The number of Topliss-reactive ketones (excluding diaryl/α,β-unsaturated/α-hetero) is 1. The molecule has 168 valence electrons. The zero-order chi connectivity index (χ0) is 23.3. The summed E-state index contributed by atoms with van der Waals surface area (Å²) in [7, 11) is -2.48. The molecule has 1 aromatic carbocycles. The van der Waals surface area contributed by atoms with Crippen LogP contribution in [0.1, 0.15) is 35.7 Å². The normalized spacial score (nSPS) is 11.3. The third-order valence-corrected chi connectivity index (χ3v) is 6.36. The highest BCUT2D eigenvalue weighted by molar-refractivity contribution is 7.91. The van der Waals surface area contributed by atoms with Crippen LogP contribution < -0.4 is 17.0 Å². The lowest BCUT2D eigenvalue weighted by atomic mass is 10.2. The summed E-state index contributed by atoms with van der Waals surface area (Å²) in [5.41, 5.74) is 4.75. The van der Waals surface area contributed by atoms with Crippen LogP contribution in [0.2, 0.25) is 0 Å². The number of hydrogen-bond acceptors (Lipinski definition) is 8. The number of sulfone groups is 1. The van der Waals surface area contributed by atoms with Crippen LogP contribution in [0.25, 0.3) is 0 Å². The summed E-state index contributed by atoms with van der Waals surface area (Å²) in [6, 6.07) is 6.19. The molecule has 0 aliphatic rings. The Labute approximate surface area is 179 Å². The number of hydrogen-bond donors (Lipinski definition) is 1. The van der Waals surface area contributed by atoms with Crippen LogP contribution in [0.4, 0.5) is 5.82 Å². The first-order chi connectivity index (χ1) is 14.5. The van der Waals surface area contributed by atoms with E-state index in [0.29, 0.717) is 6.42 Å². The maximum Gasteiger partial charge on any atom is 0.332 e. The molecular weight excluding hydrogens is 426 g/mol. The van der Waals surface area contributed by atoms with Crippen LogP contribution in [0.3, 0.4) is 0 Å². The zero-order valence-corrected chi connectivity index (χ0v) is 18.4. The number of ether oxygens (including phenoxy) is 1. The molecule has 10 nitrogen and oxygen atoms in total. The van der Waals surface area contributed by atoms with E-state index in [0.717, 1.165) is 14.7 Å². The second-order valence-corrected chi connectivity index (χ2v) is 9.13. The van der Waals surface area contributed by atoms with Gasteiger partial charge in [0.2, 0.25) is 5.78 Å². The number of benzene rings is 1. The fraction of sp³-hybridized carbons (Fsp3) is 0.400. The van der Waals surface area contributed by atoms with Crippen molar-refractivity contribution in [3.63, 3.8) is 0 Å². The van der Waals surface area contributed by atoms with Gasteiger partial charge in [0, 0.05) is 13.6 Å². The average molecular weight is 452 g/mol. The lowest BCUT2D eigenvalue weighted by Crippen LogP contribution is -2.43. The summed E-state index contributed by atoms with van der Waals surface area (Å²) in [5.74, 6) is -2.58. The number of nitrogens with two attached hydrogens (primary N) is 1. The molecule has 0 atom stereocenters. The first-order valence-electron chi connectivity index (χ1n) is 9.57. The Morgan fingerprint density at radius 1 is 1.13 bits per heavy atom. The van der Waals surface area contributed by atoms with Gasteiger partial charge in [0.15, 0.2) is 16.4 Å². The SMILES string of the molecule is CCCn1c(N)c(C(=O)COC(=O)CCS(=O)(=O)c2ccc(C)cc2)c(=O)n(C)c1=O. The Morgan fingerprint density at radius 2 is 1.74 bits per heavy atom. The van der Waals surface area contributed by atoms with Gasteiger partial charge in [-0.3, -0.25) is 23.5 Å². The number of aryl methyl sites for hydroxylation is 1. The van der Waals surface area contributed by atoms with Gasteiger partial charge >= 0.3 is 11.7 Å². The molecule has 0 amide bonds. The van der Waals surface area contributed by atoms with E-state index in [-0.39, 0.29) is 17.3 Å². The van der Waals surface area contributed by atoms with Crippen LogP contribution in [-0.4, -0.2) is 41.7 Å². The van der Waals surface area contributed by atoms with Gasteiger partial charge in [-0.2, -0.15) is 0 Å². The molecule has 31 heavy (non-hydrogen) atoms. The Morgan fingerprint density at radius 3 is 2.32 bits per heavy atom. The first-order valence-corrected chi connectivity index (χ1v) is 11.2. The van der Waals surface area contributed by atoms with Crippen molar-refractivity contribution in [2.75, 3.05) is 18.1 Å². The highest BCUT2D eigenvalue weighted by Crippen LogP contribution is 2.13. The predicted octanol–water partition coefficient (Wildman–Crippen LogP) is 0.438. The summed E-state index contributed by atoms with van der Waals surface area (Å²) in [6.45, 7) is 3.02. The minimum Gasteiger partial charge on any atom is -0.457 e. The number of esters is 1. The Bertz CT molecular complexity index is 1210. The molecule has 1 aromatic heterocycles. The van der Waals surface area contributed by atoms with Gasteiger partial charge in [0.1, 0.15) is 11.4 Å². The Hall–Kier alpha value is -3.21. The molecule has 0 aliphatic heterocycles. The van der Waals surface area contributed by atoms with Gasteiger partial charge in [-0.05, 0) is 25.5 Å². The standard InChI is InChI=1S/C20H25N3O7S/c1-4-10-23-18(21)17(19(26)22(3)20(23)27)15(24)12-30-16(25)9-11-31(28,29)14-7-5-13(2)6-8-14/h5-8H,4,9-12,21H2,1-3H3. The zero-order valence-electron chi connectivity index (χ0n) is 17.6. The van der Waals surface area contributed by atoms with Gasteiger partial charge in [0.05, 0.1) is 17.1 Å². The summed E-state index contributed by atoms with van der Waals surface area (Å²) in [5, 5.41) is 0. The monoisotopic (exact) mass is 451 g/mol. The molecule has 0 aliphatic carbocycles. The third kappa shape index (κ3) is 5.48. The lowest BCUT2D eigenvalue weighted by molar-refractivity contribution is -0.142. The highest BCUT2D eigenvalue weighted by Gasteiger charge is 2.23. The summed E-state index contributed by atoms with van der Waals surface area (Å²) >= 11 is 0. The largest absolute Gasteiger partial charge is 0.457 e. The molecule has 0 bridgehead atoms. The van der Waals surface area contributed by atoms with E-state index in [9.17, 15) is 27.6 Å². The van der Waals surface area contributed by atoms with Crippen molar-refractivity contribution in [3.8, 4) is 0 Å². The molecule has 1 heterocycles. The molecule has 0 fully saturated rings. The van der Waals surface area contributed by atoms with Crippen molar-refractivity contribution >= 4 is 27.4 Å².